The molecule has 0 fully saturated rings. The molecule has 2 aromatic heterocycles. The van der Waals surface area contributed by atoms with Gasteiger partial charge < -0.3 is 45.0 Å². The monoisotopic (exact) mass is 616 g/mol. The largest absolute Gasteiger partial charge is 2.00 e. The van der Waals surface area contributed by atoms with Gasteiger partial charge in [-0.05, 0) is 47.5 Å². The fourth-order valence-electron chi connectivity index (χ4n) is 3.06. The van der Waals surface area contributed by atoms with Crippen LogP contribution in [0.3, 0.4) is 0 Å². The molecule has 12 nitrogen and oxygen atoms in total. The van der Waals surface area contributed by atoms with E-state index in [1.807, 2.05) is 0 Å². The zero-order chi connectivity index (χ0) is 28.7. The van der Waals surface area contributed by atoms with Crippen LogP contribution in [-0.4, -0.2) is 43.4 Å². The van der Waals surface area contributed by atoms with Crippen molar-refractivity contribution >= 4 is 85.3 Å². The van der Waals surface area contributed by atoms with Crippen LogP contribution in [0.5, 0.6) is 0 Å². The third-order valence-corrected chi connectivity index (χ3v) is 6.59. The molecule has 4 rings (SSSR count). The van der Waals surface area contributed by atoms with Crippen molar-refractivity contribution in [2.75, 3.05) is 5.73 Å². The number of hydrogen-bond acceptors (Lipinski definition) is 9. The Kier molecular flexibility index (Phi) is 11.7. The van der Waals surface area contributed by atoms with E-state index in [1.54, 1.807) is 24.3 Å². The summed E-state index contributed by atoms with van der Waals surface area (Å²) in [6.07, 6.45) is 2.96. The molecule has 0 atom stereocenters. The second-order valence-electron chi connectivity index (χ2n) is 7.60. The number of primary sulfonamides is 1. The number of carboxylic acids is 2. The van der Waals surface area contributed by atoms with E-state index in [1.165, 1.54) is 24.7 Å². The molecule has 206 valence electrons. The molecule has 2 aromatic carbocycles. The van der Waals surface area contributed by atoms with E-state index in [0.29, 0.717) is 11.5 Å². The van der Waals surface area contributed by atoms with Gasteiger partial charge in [-0.3, -0.25) is 0 Å². The SMILES string of the molecule is NS(=O)(=O)c1cc(C(=O)[O-])c([N-]Cc2ccco2)cc1Cl.Nc1cc(C(=O)[O-])c([N-]Cc2ccco2)cc1Cl.[Mg+2]. The molecule has 0 aliphatic carbocycles. The molecule has 0 radical (unpaired) electrons. The van der Waals surface area contributed by atoms with Gasteiger partial charge in [0, 0.05) is 0 Å². The van der Waals surface area contributed by atoms with Crippen LogP contribution in [0.4, 0.5) is 17.1 Å². The van der Waals surface area contributed by atoms with E-state index in [-0.39, 0.29) is 68.8 Å². The van der Waals surface area contributed by atoms with Gasteiger partial charge in [0.15, 0.2) is 0 Å². The molecule has 0 bridgehead atoms. The van der Waals surface area contributed by atoms with Gasteiger partial charge in [0.2, 0.25) is 10.0 Å². The Hall–Kier alpha value is -3.40. The maximum absolute atomic E-state index is 11.3. The van der Waals surface area contributed by atoms with Crippen molar-refractivity contribution in [2.24, 2.45) is 5.14 Å². The van der Waals surface area contributed by atoms with Gasteiger partial charge in [0.25, 0.3) is 0 Å². The Morgan fingerprint density at radius 2 is 1.27 bits per heavy atom. The summed E-state index contributed by atoms with van der Waals surface area (Å²) < 4.78 is 32.8. The number of aromatic carboxylic acids is 2. The molecular weight excluding hydrogens is 600 g/mol. The average Bonchev–Trinajstić information content (AvgIpc) is 3.57. The first kappa shape index (κ1) is 32.8. The quantitative estimate of drug-likeness (QED) is 0.208. The summed E-state index contributed by atoms with van der Waals surface area (Å²) in [4.78, 5) is 21.6. The summed E-state index contributed by atoms with van der Waals surface area (Å²) in [5.74, 6) is -1.82. The number of carbonyl (C=O) groups excluding carboxylic acids is 2. The molecule has 4 N–H and O–H groups in total. The van der Waals surface area contributed by atoms with Gasteiger partial charge >= 0.3 is 23.1 Å². The van der Waals surface area contributed by atoms with Crippen LogP contribution < -0.4 is 21.1 Å². The molecule has 0 unspecified atom stereocenters. The maximum atomic E-state index is 11.3. The molecule has 0 aliphatic heterocycles. The van der Waals surface area contributed by atoms with Crippen molar-refractivity contribution in [1.82, 2.24) is 0 Å². The number of nitrogens with zero attached hydrogens (tertiary/aromatic N) is 2. The van der Waals surface area contributed by atoms with E-state index < -0.39 is 32.4 Å². The molecule has 0 amide bonds. The maximum Gasteiger partial charge on any atom is 2.00 e. The molecule has 4 aromatic rings. The topological polar surface area (TPSA) is 221 Å². The number of hydrogen-bond donors (Lipinski definition) is 2. The van der Waals surface area contributed by atoms with Crippen LogP contribution in [0, 0.1) is 0 Å². The number of benzene rings is 2. The number of halogens is 2. The summed E-state index contributed by atoms with van der Waals surface area (Å²) >= 11 is 11.6. The van der Waals surface area contributed by atoms with Gasteiger partial charge in [0.05, 0.1) is 51.7 Å². The van der Waals surface area contributed by atoms with Crippen LogP contribution >= 0.6 is 23.2 Å². The van der Waals surface area contributed by atoms with E-state index in [0.717, 1.165) is 12.1 Å². The minimum absolute atomic E-state index is 0. The summed E-state index contributed by atoms with van der Waals surface area (Å²) in [7, 11) is -4.15. The number of rotatable bonds is 9. The van der Waals surface area contributed by atoms with Gasteiger partial charge in [-0.15, -0.1) is 11.4 Å². The normalized spacial score (nSPS) is 10.6. The molecule has 40 heavy (non-hydrogen) atoms. The fourth-order valence-corrected chi connectivity index (χ4v) is 4.31. The van der Waals surface area contributed by atoms with Gasteiger partial charge in [-0.1, -0.05) is 48.4 Å². The Morgan fingerprint density at radius 3 is 1.68 bits per heavy atom. The molecule has 0 saturated heterocycles. The molecule has 16 heteroatoms. The summed E-state index contributed by atoms with van der Waals surface area (Å²) in [6, 6.07) is 11.3. The van der Waals surface area contributed by atoms with E-state index >= 15 is 0 Å². The average molecular weight is 618 g/mol. The Morgan fingerprint density at radius 1 is 0.825 bits per heavy atom. The van der Waals surface area contributed by atoms with Crippen molar-refractivity contribution < 1.29 is 37.1 Å². The van der Waals surface area contributed by atoms with Crippen LogP contribution in [0.15, 0.2) is 74.8 Å². The standard InChI is InChI=1S/C12H10ClN2O5S.C12H10ClN2O3.Mg/c13-9-5-10(15-6-7-2-1-3-20-7)8(12(16)17)4-11(9)21(14,18)19;13-9-5-11(8(12(16)17)4-10(9)14)15-6-7-2-1-3-18-7;/h1-5H,6H2,(H,16,17)(H2,14,18,19);1-5H,6,14H2,(H,16,17);/q2*-1;+2/p-2. The van der Waals surface area contributed by atoms with Crippen LogP contribution in [0.2, 0.25) is 10.0 Å². The summed E-state index contributed by atoms with van der Waals surface area (Å²) in [5, 5.41) is 35.2. The third kappa shape index (κ3) is 8.80. The van der Waals surface area contributed by atoms with Crippen LogP contribution in [0.25, 0.3) is 10.6 Å². The smallest absolute Gasteiger partial charge is 0.678 e. The zero-order valence-corrected chi connectivity index (χ0v) is 24.1. The van der Waals surface area contributed by atoms with Crippen molar-refractivity contribution in [2.45, 2.75) is 18.0 Å². The van der Waals surface area contributed by atoms with Crippen molar-refractivity contribution in [3.8, 4) is 0 Å². The molecule has 2 heterocycles. The zero-order valence-electron chi connectivity index (χ0n) is 20.4. The number of nitrogen functional groups attached to an aromatic ring is 1. The van der Waals surface area contributed by atoms with Crippen molar-refractivity contribution in [3.05, 3.63) is 104 Å². The number of carboxylic acid groups (broad SMARTS) is 2. The number of sulfonamides is 1. The summed E-state index contributed by atoms with van der Waals surface area (Å²) in [6.45, 7) is 0.284. The van der Waals surface area contributed by atoms with Crippen molar-refractivity contribution in [1.29, 1.82) is 0 Å². The predicted octanol–water partition coefficient (Wildman–Crippen LogP) is 2.85. The molecular formula is C24H18Cl2MgN4O8S-2. The van der Waals surface area contributed by atoms with E-state index in [4.69, 9.17) is 42.9 Å². The van der Waals surface area contributed by atoms with Gasteiger partial charge in [-0.25, -0.2) is 13.6 Å². The predicted molar refractivity (Wildman–Crippen MR) is 144 cm³/mol. The molecule has 0 spiro atoms. The molecule has 0 saturated carbocycles. The first-order valence-electron chi connectivity index (χ1n) is 10.6. The summed E-state index contributed by atoms with van der Waals surface area (Å²) in [5.41, 5.74) is 5.38. The molecule has 0 aliphatic rings. The Labute approximate surface area is 254 Å². The fraction of sp³-hybridized carbons (Fsp3) is 0.0833. The van der Waals surface area contributed by atoms with E-state index in [2.05, 4.69) is 10.6 Å². The van der Waals surface area contributed by atoms with Gasteiger partial charge in [0.1, 0.15) is 4.90 Å². The number of furan rings is 2. The Bertz CT molecular complexity index is 1580. The van der Waals surface area contributed by atoms with Gasteiger partial charge in [-0.2, -0.15) is 0 Å². The Balaban J connectivity index is 0.000000276. The first-order valence-corrected chi connectivity index (χ1v) is 12.9. The van der Waals surface area contributed by atoms with Crippen LogP contribution in [-0.2, 0) is 23.1 Å². The number of carbonyl (C=O) groups is 2. The second-order valence-corrected chi connectivity index (χ2v) is 9.95. The minimum atomic E-state index is -4.15. The third-order valence-electron chi connectivity index (χ3n) is 4.88. The number of nitrogens with two attached hydrogens (primary N) is 2. The first-order chi connectivity index (χ1) is 18.4. The number of anilines is 1. The van der Waals surface area contributed by atoms with Crippen LogP contribution in [0.1, 0.15) is 32.2 Å². The van der Waals surface area contributed by atoms with E-state index in [9.17, 15) is 28.2 Å². The second kappa shape index (κ2) is 14.3. The van der Waals surface area contributed by atoms with Crippen molar-refractivity contribution in [3.63, 3.8) is 0 Å². The minimum Gasteiger partial charge on any atom is -0.678 e.